The molecule has 2 aliphatic heterocycles. The minimum atomic E-state index is -1.41. The number of primary amides is 1. The van der Waals surface area contributed by atoms with Crippen molar-refractivity contribution < 1.29 is 53.8 Å². The maximum atomic E-state index is 12.2. The van der Waals surface area contributed by atoms with Gasteiger partial charge in [-0.05, 0) is 0 Å². The van der Waals surface area contributed by atoms with Crippen LogP contribution in [0, 0.1) is 0 Å². The highest BCUT2D eigenvalue weighted by molar-refractivity contribution is 7.09. The topological polar surface area (TPSA) is 278 Å². The summed E-state index contributed by atoms with van der Waals surface area (Å²) in [6.45, 7) is -0.834. The molecule has 2 saturated heterocycles. The lowest BCUT2D eigenvalue weighted by molar-refractivity contribution is -0.156. The summed E-state index contributed by atoms with van der Waals surface area (Å²) < 4.78 is 22.8. The van der Waals surface area contributed by atoms with Crippen molar-refractivity contribution in [2.24, 2.45) is 5.73 Å². The molecule has 19 heteroatoms. The molecule has 0 spiro atoms. The Morgan fingerprint density at radius 2 is 1.57 bits per heavy atom. The van der Waals surface area contributed by atoms with Crippen molar-refractivity contribution in [3.8, 4) is 0 Å². The third-order valence-corrected chi connectivity index (χ3v) is 7.64. The average Bonchev–Trinajstić information content (AvgIpc) is 3.74. The highest BCUT2D eigenvalue weighted by Gasteiger charge is 2.46. The number of nitrogen functional groups attached to an aromatic ring is 1. The maximum Gasteiger partial charge on any atom is 0.306 e. The molecular formula is C23H27N7O11S. The first-order chi connectivity index (χ1) is 20.0. The number of nitrogens with two attached hydrogens (primary N) is 2. The monoisotopic (exact) mass is 609 g/mol. The number of hydrogen-bond donors (Lipinski definition) is 6. The second kappa shape index (κ2) is 12.2. The Labute approximate surface area is 239 Å². The summed E-state index contributed by atoms with van der Waals surface area (Å²) in [5.41, 5.74) is 11.5. The van der Waals surface area contributed by atoms with Crippen molar-refractivity contribution in [3.05, 3.63) is 28.7 Å². The summed E-state index contributed by atoms with van der Waals surface area (Å²) in [5, 5.41) is 43.1. The van der Waals surface area contributed by atoms with Gasteiger partial charge in [-0.15, -0.1) is 11.3 Å². The van der Waals surface area contributed by atoms with Gasteiger partial charge in [0, 0.05) is 5.38 Å². The minimum absolute atomic E-state index is 0.0143. The van der Waals surface area contributed by atoms with Gasteiger partial charge in [-0.2, -0.15) is 0 Å². The second-order valence-electron chi connectivity index (χ2n) is 9.51. The van der Waals surface area contributed by atoms with Gasteiger partial charge in [-0.1, -0.05) is 0 Å². The molecule has 42 heavy (non-hydrogen) atoms. The first kappa shape index (κ1) is 29.6. The molecule has 8 atom stereocenters. The lowest BCUT2D eigenvalue weighted by atomic mass is 10.1. The van der Waals surface area contributed by atoms with Gasteiger partial charge in [-0.25, -0.2) is 19.9 Å². The zero-order chi connectivity index (χ0) is 30.1. The third-order valence-electron chi connectivity index (χ3n) is 6.73. The normalized spacial score (nSPS) is 29.1. The first-order valence-corrected chi connectivity index (χ1v) is 13.5. The van der Waals surface area contributed by atoms with Crippen LogP contribution in [0.4, 0.5) is 5.82 Å². The highest BCUT2D eigenvalue weighted by atomic mass is 32.1. The van der Waals surface area contributed by atoms with E-state index in [1.54, 1.807) is 0 Å². The van der Waals surface area contributed by atoms with Crippen LogP contribution >= 0.6 is 11.3 Å². The molecule has 0 radical (unpaired) electrons. The molecule has 0 aromatic carbocycles. The number of anilines is 1. The second-order valence-corrected chi connectivity index (χ2v) is 10.4. The van der Waals surface area contributed by atoms with Crippen molar-refractivity contribution in [2.45, 2.75) is 61.8 Å². The maximum absolute atomic E-state index is 12.2. The quantitative estimate of drug-likeness (QED) is 0.128. The largest absolute Gasteiger partial charge is 0.463 e. The van der Waals surface area contributed by atoms with Gasteiger partial charge in [0.2, 0.25) is 0 Å². The number of hydrogen-bond acceptors (Lipinski definition) is 17. The van der Waals surface area contributed by atoms with Crippen LogP contribution in [0.2, 0.25) is 0 Å². The van der Waals surface area contributed by atoms with E-state index in [0.717, 1.165) is 11.3 Å². The summed E-state index contributed by atoms with van der Waals surface area (Å²) in [6.07, 6.45) is -8.13. The summed E-state index contributed by atoms with van der Waals surface area (Å²) in [6, 6.07) is 0. The smallest absolute Gasteiger partial charge is 0.306 e. The van der Waals surface area contributed by atoms with E-state index in [9.17, 15) is 34.8 Å². The number of imidazole rings is 1. The Morgan fingerprint density at radius 3 is 2.21 bits per heavy atom. The van der Waals surface area contributed by atoms with Crippen LogP contribution in [-0.4, -0.2) is 113 Å². The van der Waals surface area contributed by atoms with E-state index < -0.39 is 80.0 Å². The Balaban J connectivity index is 1.05. The van der Waals surface area contributed by atoms with E-state index in [1.165, 1.54) is 22.6 Å². The summed E-state index contributed by atoms with van der Waals surface area (Å²) >= 11 is 1.01. The summed E-state index contributed by atoms with van der Waals surface area (Å²) in [5.74, 6) is -2.23. The van der Waals surface area contributed by atoms with Crippen molar-refractivity contribution in [2.75, 3.05) is 18.9 Å². The van der Waals surface area contributed by atoms with Crippen LogP contribution in [0.1, 0.15) is 40.7 Å². The lowest BCUT2D eigenvalue weighted by Gasteiger charge is -2.16. The molecule has 226 valence electrons. The number of nitrogens with zero attached hydrogens (tertiary/aromatic N) is 5. The Hall–Kier alpha value is -3.85. The van der Waals surface area contributed by atoms with E-state index in [-0.39, 0.29) is 40.5 Å². The number of ether oxygens (including phenoxy) is 4. The van der Waals surface area contributed by atoms with Crippen molar-refractivity contribution >= 4 is 46.2 Å². The van der Waals surface area contributed by atoms with Crippen molar-refractivity contribution in [1.29, 1.82) is 0 Å². The van der Waals surface area contributed by atoms with Crippen molar-refractivity contribution in [1.82, 2.24) is 24.5 Å². The molecule has 3 aromatic heterocycles. The predicted molar refractivity (Wildman–Crippen MR) is 137 cm³/mol. The molecule has 5 heterocycles. The number of esters is 2. The van der Waals surface area contributed by atoms with Crippen LogP contribution in [-0.2, 0) is 28.5 Å². The number of amides is 1. The van der Waals surface area contributed by atoms with Gasteiger partial charge in [0.1, 0.15) is 78.5 Å². The Kier molecular flexibility index (Phi) is 8.59. The van der Waals surface area contributed by atoms with Crippen LogP contribution in [0.25, 0.3) is 11.2 Å². The number of carbonyl (C=O) groups is 3. The zero-order valence-electron chi connectivity index (χ0n) is 21.6. The fourth-order valence-corrected chi connectivity index (χ4v) is 5.35. The van der Waals surface area contributed by atoms with Crippen LogP contribution in [0.15, 0.2) is 18.0 Å². The van der Waals surface area contributed by atoms with Gasteiger partial charge < -0.3 is 50.8 Å². The van der Waals surface area contributed by atoms with Gasteiger partial charge >= 0.3 is 11.9 Å². The summed E-state index contributed by atoms with van der Waals surface area (Å²) in [7, 11) is 0. The first-order valence-electron chi connectivity index (χ1n) is 12.6. The van der Waals surface area contributed by atoms with Gasteiger partial charge in [0.25, 0.3) is 5.91 Å². The van der Waals surface area contributed by atoms with E-state index in [4.69, 9.17) is 30.4 Å². The van der Waals surface area contributed by atoms with E-state index in [2.05, 4.69) is 19.9 Å². The number of aliphatic hydroxyl groups excluding tert-OH is 4. The summed E-state index contributed by atoms with van der Waals surface area (Å²) in [4.78, 5) is 51.6. The SMILES string of the molecule is NC(=O)c1csc([C@@H]2O[C@H](COC(=O)CCC(=O)OC[C@H]3O[C@@H](n4cnc5c(N)ncnc54)[C@H](O)[C@@H]3O)[C@@H](O)[C@H]2O)n1. The molecule has 2 aliphatic rings. The standard InChI is InChI=1S/C23H27N7O11S/c24-19-13-21(27-6-26-19)30(7-28-13)23-17(36)15(34)10(41-23)4-39-12(32)2-1-11(31)38-3-9-14(33)16(35)18(40-9)22-29-8(5-42-22)20(25)37/h5-7,9-10,14-18,23,33-36H,1-4H2,(H2,25,37)(H2,24,26,27)/t9-,10-,14-,15-,16-,17-,18-,23-/m1/s1. The van der Waals surface area contributed by atoms with Gasteiger partial charge in [0.15, 0.2) is 17.7 Å². The van der Waals surface area contributed by atoms with Crippen molar-refractivity contribution in [3.63, 3.8) is 0 Å². The Bertz CT molecular complexity index is 1470. The third kappa shape index (κ3) is 5.88. The average molecular weight is 610 g/mol. The molecule has 8 N–H and O–H groups in total. The molecule has 2 fully saturated rings. The van der Waals surface area contributed by atoms with Gasteiger partial charge in [0.05, 0.1) is 19.2 Å². The predicted octanol–water partition coefficient (Wildman–Crippen LogP) is -2.69. The molecule has 5 rings (SSSR count). The molecule has 0 unspecified atom stereocenters. The van der Waals surface area contributed by atoms with Crippen LogP contribution < -0.4 is 11.5 Å². The zero-order valence-corrected chi connectivity index (χ0v) is 22.4. The fraction of sp³-hybridized carbons (Fsp3) is 0.522. The fourth-order valence-electron chi connectivity index (χ4n) is 4.47. The highest BCUT2D eigenvalue weighted by Crippen LogP contribution is 2.35. The minimum Gasteiger partial charge on any atom is -0.463 e. The molecule has 0 aliphatic carbocycles. The van der Waals surface area contributed by atoms with Crippen LogP contribution in [0.3, 0.4) is 0 Å². The number of thiazole rings is 1. The lowest BCUT2D eigenvalue weighted by Crippen LogP contribution is -2.34. The van der Waals surface area contributed by atoms with Gasteiger partial charge in [-0.3, -0.25) is 19.0 Å². The number of aliphatic hydroxyl groups is 4. The molecular weight excluding hydrogens is 582 g/mol. The number of rotatable bonds is 10. The number of fused-ring (bicyclic) bond motifs is 1. The molecule has 3 aromatic rings. The Morgan fingerprint density at radius 1 is 0.929 bits per heavy atom. The molecule has 0 saturated carbocycles. The van der Waals surface area contributed by atoms with E-state index in [0.29, 0.717) is 0 Å². The number of carbonyl (C=O) groups excluding carboxylic acids is 3. The number of aromatic nitrogens is 5. The molecule has 18 nitrogen and oxygen atoms in total. The van der Waals surface area contributed by atoms with Crippen LogP contribution in [0.5, 0.6) is 0 Å². The molecule has 0 bridgehead atoms. The van der Waals surface area contributed by atoms with E-state index in [1.807, 2.05) is 0 Å². The molecule has 1 amide bonds. The van der Waals surface area contributed by atoms with E-state index >= 15 is 0 Å².